The molecule has 116 valence electrons. The van der Waals surface area contributed by atoms with E-state index in [-0.39, 0.29) is 11.3 Å². The minimum absolute atomic E-state index is 0.0744. The highest BCUT2D eigenvalue weighted by atomic mass is 16.2. The smallest absolute Gasteiger partial charge is 0.271 e. The average molecular weight is 298 g/mol. The minimum Gasteiger partial charge on any atom is -0.275 e. The number of aromatic nitrogens is 2. The number of amides is 1. The highest BCUT2D eigenvalue weighted by molar-refractivity contribution is 5.95. The van der Waals surface area contributed by atoms with Crippen molar-refractivity contribution < 1.29 is 4.79 Å². The molecule has 0 aliphatic carbocycles. The van der Waals surface area contributed by atoms with Crippen molar-refractivity contribution in [3.8, 4) is 0 Å². The number of hydrogen-bond donors (Lipinski definition) is 1. The van der Waals surface area contributed by atoms with Crippen molar-refractivity contribution in [2.45, 2.75) is 33.1 Å². The van der Waals surface area contributed by atoms with Crippen LogP contribution >= 0.6 is 0 Å². The van der Waals surface area contributed by atoms with Crippen LogP contribution in [0.25, 0.3) is 0 Å². The monoisotopic (exact) mass is 298 g/mol. The van der Waals surface area contributed by atoms with Gasteiger partial charge in [-0.25, -0.2) is 5.43 Å². The van der Waals surface area contributed by atoms with Gasteiger partial charge in [0.2, 0.25) is 0 Å². The van der Waals surface area contributed by atoms with Crippen molar-refractivity contribution in [3.05, 3.63) is 52.8 Å². The summed E-state index contributed by atoms with van der Waals surface area (Å²) in [6.45, 7) is 8.32. The van der Waals surface area contributed by atoms with Crippen LogP contribution < -0.4 is 5.43 Å². The summed E-state index contributed by atoms with van der Waals surface area (Å²) in [4.78, 5) is 12.0. The van der Waals surface area contributed by atoms with E-state index in [2.05, 4.69) is 36.4 Å². The van der Waals surface area contributed by atoms with E-state index in [4.69, 9.17) is 0 Å². The largest absolute Gasteiger partial charge is 0.275 e. The summed E-state index contributed by atoms with van der Waals surface area (Å²) in [6.07, 6.45) is 3.45. The molecule has 0 atom stereocenters. The van der Waals surface area contributed by atoms with Crippen LogP contribution in [0.5, 0.6) is 0 Å². The van der Waals surface area contributed by atoms with Crippen LogP contribution in [-0.4, -0.2) is 21.9 Å². The first-order valence-corrected chi connectivity index (χ1v) is 7.21. The number of rotatable bonds is 3. The lowest BCUT2D eigenvalue weighted by Crippen LogP contribution is -2.18. The van der Waals surface area contributed by atoms with Crippen LogP contribution in [0.1, 0.15) is 48.0 Å². The predicted octanol–water partition coefficient (Wildman–Crippen LogP) is 2.79. The van der Waals surface area contributed by atoms with Gasteiger partial charge < -0.3 is 0 Å². The van der Waals surface area contributed by atoms with E-state index in [0.717, 1.165) is 11.3 Å². The highest BCUT2D eigenvalue weighted by Crippen LogP contribution is 2.22. The van der Waals surface area contributed by atoms with Crippen LogP contribution in [0.4, 0.5) is 0 Å². The van der Waals surface area contributed by atoms with Crippen LogP contribution in [0.2, 0.25) is 0 Å². The number of nitrogens with zero attached hydrogens (tertiary/aromatic N) is 3. The Kier molecular flexibility index (Phi) is 4.45. The van der Waals surface area contributed by atoms with Gasteiger partial charge in [-0.1, -0.05) is 32.9 Å². The zero-order valence-electron chi connectivity index (χ0n) is 13.7. The third kappa shape index (κ3) is 3.81. The van der Waals surface area contributed by atoms with Gasteiger partial charge in [0, 0.05) is 24.4 Å². The Balaban J connectivity index is 2.02. The molecule has 2 rings (SSSR count). The van der Waals surface area contributed by atoms with Crippen LogP contribution in [0, 0.1) is 6.92 Å². The van der Waals surface area contributed by atoms with Gasteiger partial charge in [-0.15, -0.1) is 0 Å². The van der Waals surface area contributed by atoms with Gasteiger partial charge in [-0.3, -0.25) is 9.48 Å². The predicted molar refractivity (Wildman–Crippen MR) is 88.1 cm³/mol. The molecule has 1 heterocycles. The van der Waals surface area contributed by atoms with Gasteiger partial charge >= 0.3 is 0 Å². The fraction of sp³-hybridized carbons (Fsp3) is 0.353. The molecule has 5 nitrogen and oxygen atoms in total. The summed E-state index contributed by atoms with van der Waals surface area (Å²) < 4.78 is 1.71. The van der Waals surface area contributed by atoms with E-state index in [1.165, 1.54) is 5.56 Å². The van der Waals surface area contributed by atoms with E-state index in [0.29, 0.717) is 5.56 Å². The summed E-state index contributed by atoms with van der Waals surface area (Å²) in [6, 6.07) is 7.59. The molecule has 0 aliphatic rings. The van der Waals surface area contributed by atoms with Gasteiger partial charge in [0.15, 0.2) is 0 Å². The minimum atomic E-state index is -0.224. The fourth-order valence-corrected chi connectivity index (χ4v) is 2.09. The Hall–Kier alpha value is -2.43. The normalized spacial score (nSPS) is 11.9. The number of carbonyl (C=O) groups is 1. The lowest BCUT2D eigenvalue weighted by atomic mass is 9.87. The molecule has 0 saturated carbocycles. The Morgan fingerprint density at radius 2 is 1.91 bits per heavy atom. The zero-order valence-corrected chi connectivity index (χ0v) is 13.7. The van der Waals surface area contributed by atoms with E-state index < -0.39 is 0 Å². The van der Waals surface area contributed by atoms with E-state index in [1.807, 2.05) is 44.4 Å². The van der Waals surface area contributed by atoms with Crippen LogP contribution in [-0.2, 0) is 12.5 Å². The van der Waals surface area contributed by atoms with Gasteiger partial charge in [0.1, 0.15) is 0 Å². The van der Waals surface area contributed by atoms with Crippen molar-refractivity contribution in [2.75, 3.05) is 0 Å². The lowest BCUT2D eigenvalue weighted by molar-refractivity contribution is 0.0955. The summed E-state index contributed by atoms with van der Waals surface area (Å²) in [5.41, 5.74) is 6.14. The molecule has 0 bridgehead atoms. The van der Waals surface area contributed by atoms with E-state index in [1.54, 1.807) is 10.9 Å². The molecular weight excluding hydrogens is 276 g/mol. The van der Waals surface area contributed by atoms with Crippen molar-refractivity contribution in [2.24, 2.45) is 12.1 Å². The van der Waals surface area contributed by atoms with Crippen molar-refractivity contribution in [3.63, 3.8) is 0 Å². The van der Waals surface area contributed by atoms with Crippen molar-refractivity contribution in [1.29, 1.82) is 0 Å². The number of aryl methyl sites for hydroxylation is 2. The van der Waals surface area contributed by atoms with Crippen LogP contribution in [0.3, 0.4) is 0 Å². The number of carbonyl (C=O) groups excluding carboxylic acids is 1. The second-order valence-electron chi connectivity index (χ2n) is 6.37. The first kappa shape index (κ1) is 15.9. The van der Waals surface area contributed by atoms with E-state index in [9.17, 15) is 4.79 Å². The number of benzene rings is 1. The second kappa shape index (κ2) is 6.13. The Morgan fingerprint density at radius 3 is 2.41 bits per heavy atom. The number of hydrogen-bond acceptors (Lipinski definition) is 3. The molecule has 5 heteroatoms. The molecule has 0 spiro atoms. The van der Waals surface area contributed by atoms with Gasteiger partial charge in [-0.05, 0) is 30.0 Å². The molecule has 0 unspecified atom stereocenters. The van der Waals surface area contributed by atoms with Crippen LogP contribution in [0.15, 0.2) is 35.6 Å². The maximum absolute atomic E-state index is 12.0. The average Bonchev–Trinajstić information content (AvgIpc) is 2.76. The summed E-state index contributed by atoms with van der Waals surface area (Å²) in [5.74, 6) is -0.224. The SMILES string of the molecule is Cc1nn(C)cc1/C=N/NC(=O)c1ccc(C(C)(C)C)cc1. The van der Waals surface area contributed by atoms with Gasteiger partial charge in [0.05, 0.1) is 11.9 Å². The quantitative estimate of drug-likeness (QED) is 0.699. The molecule has 1 aromatic carbocycles. The summed E-state index contributed by atoms with van der Waals surface area (Å²) >= 11 is 0. The molecule has 22 heavy (non-hydrogen) atoms. The fourth-order valence-electron chi connectivity index (χ4n) is 2.09. The molecule has 1 N–H and O–H groups in total. The number of nitrogens with one attached hydrogen (secondary N) is 1. The molecule has 2 aromatic rings. The van der Waals surface area contributed by atoms with Crippen molar-refractivity contribution in [1.82, 2.24) is 15.2 Å². The molecule has 1 aromatic heterocycles. The molecule has 1 amide bonds. The third-order valence-corrected chi connectivity index (χ3v) is 3.43. The number of hydrazone groups is 1. The Labute approximate surface area is 131 Å². The Morgan fingerprint density at radius 1 is 1.27 bits per heavy atom. The standard InChI is InChI=1S/C17H22N4O/c1-12-14(11-21(5)20-12)10-18-19-16(22)13-6-8-15(9-7-13)17(2,3)4/h6-11H,1-5H3,(H,19,22)/b18-10+. The molecule has 0 fully saturated rings. The molecule has 0 saturated heterocycles. The Bertz CT molecular complexity index is 690. The maximum atomic E-state index is 12.0. The topological polar surface area (TPSA) is 59.3 Å². The third-order valence-electron chi connectivity index (χ3n) is 3.43. The summed E-state index contributed by atoms with van der Waals surface area (Å²) in [5, 5.41) is 8.20. The molecule has 0 radical (unpaired) electrons. The van der Waals surface area contributed by atoms with Gasteiger partial charge in [0.25, 0.3) is 5.91 Å². The molecule has 0 aliphatic heterocycles. The second-order valence-corrected chi connectivity index (χ2v) is 6.37. The maximum Gasteiger partial charge on any atom is 0.271 e. The molecular formula is C17H22N4O. The highest BCUT2D eigenvalue weighted by Gasteiger charge is 2.14. The zero-order chi connectivity index (χ0) is 16.3. The van der Waals surface area contributed by atoms with Gasteiger partial charge in [-0.2, -0.15) is 10.2 Å². The van der Waals surface area contributed by atoms with Crippen molar-refractivity contribution >= 4 is 12.1 Å². The van der Waals surface area contributed by atoms with E-state index >= 15 is 0 Å². The first-order valence-electron chi connectivity index (χ1n) is 7.21. The lowest BCUT2D eigenvalue weighted by Gasteiger charge is -2.18. The first-order chi connectivity index (χ1) is 10.3. The summed E-state index contributed by atoms with van der Waals surface area (Å²) in [7, 11) is 1.85.